The summed E-state index contributed by atoms with van der Waals surface area (Å²) in [4.78, 5) is 22.6. The number of aliphatic carboxylic acids is 1. The third-order valence-electron chi connectivity index (χ3n) is 3.08. The summed E-state index contributed by atoms with van der Waals surface area (Å²) in [6.45, 7) is 6.19. The summed E-state index contributed by atoms with van der Waals surface area (Å²) >= 11 is 0. The number of hydrogen-bond donors (Lipinski definition) is 3. The van der Waals surface area contributed by atoms with E-state index < -0.39 is 5.97 Å². The van der Waals surface area contributed by atoms with Gasteiger partial charge in [-0.1, -0.05) is 32.0 Å². The molecule has 0 aliphatic rings. The molecule has 1 rings (SSSR count). The highest BCUT2D eigenvalue weighted by molar-refractivity contribution is 5.90. The van der Waals surface area contributed by atoms with E-state index in [-0.39, 0.29) is 18.5 Å². The van der Waals surface area contributed by atoms with Crippen LogP contribution >= 0.6 is 0 Å². The molecular formula is C16H24N2O3. The molecular weight excluding hydrogens is 268 g/mol. The molecule has 21 heavy (non-hydrogen) atoms. The van der Waals surface area contributed by atoms with Crippen molar-refractivity contribution in [3.63, 3.8) is 0 Å². The van der Waals surface area contributed by atoms with Crippen LogP contribution in [0.5, 0.6) is 0 Å². The number of nitrogens with one attached hydrogen (secondary N) is 2. The van der Waals surface area contributed by atoms with Gasteiger partial charge >= 0.3 is 12.0 Å². The predicted octanol–water partition coefficient (Wildman–Crippen LogP) is 3.26. The number of anilines is 1. The molecule has 0 radical (unpaired) electrons. The van der Waals surface area contributed by atoms with Gasteiger partial charge in [0.15, 0.2) is 0 Å². The highest BCUT2D eigenvalue weighted by Crippen LogP contribution is 2.17. The van der Waals surface area contributed by atoms with Crippen LogP contribution in [0.4, 0.5) is 10.5 Å². The van der Waals surface area contributed by atoms with Crippen LogP contribution in [0.15, 0.2) is 24.3 Å². The minimum absolute atomic E-state index is 0.0457. The number of amides is 2. The van der Waals surface area contributed by atoms with E-state index in [1.807, 2.05) is 25.1 Å². The maximum atomic E-state index is 12.0. The number of urea groups is 1. The van der Waals surface area contributed by atoms with Gasteiger partial charge in [0.1, 0.15) is 0 Å². The largest absolute Gasteiger partial charge is 0.481 e. The maximum absolute atomic E-state index is 12.0. The van der Waals surface area contributed by atoms with E-state index in [4.69, 9.17) is 5.11 Å². The summed E-state index contributed by atoms with van der Waals surface area (Å²) in [7, 11) is 0. The molecule has 0 saturated carbocycles. The molecule has 5 nitrogen and oxygen atoms in total. The predicted molar refractivity (Wildman–Crippen MR) is 83.5 cm³/mol. The molecule has 3 N–H and O–H groups in total. The Hall–Kier alpha value is -2.04. The van der Waals surface area contributed by atoms with Gasteiger partial charge in [-0.15, -0.1) is 0 Å². The maximum Gasteiger partial charge on any atom is 0.319 e. The second-order valence-electron chi connectivity index (χ2n) is 5.68. The zero-order chi connectivity index (χ0) is 15.8. The molecule has 0 aromatic heterocycles. The fourth-order valence-electron chi connectivity index (χ4n) is 2.25. The molecule has 116 valence electrons. The first-order valence-corrected chi connectivity index (χ1v) is 7.25. The van der Waals surface area contributed by atoms with Crippen molar-refractivity contribution in [2.45, 2.75) is 46.1 Å². The van der Waals surface area contributed by atoms with E-state index in [2.05, 4.69) is 24.5 Å². The molecule has 1 atom stereocenters. The molecule has 1 aromatic carbocycles. The molecule has 0 saturated heterocycles. The average Bonchev–Trinajstić information content (AvgIpc) is 2.36. The number of carbonyl (C=O) groups is 2. The standard InChI is InChI=1S/C16H24N2O3/c1-11(2)10-12(3)17-16(21)18-14-7-5-4-6-13(14)8-9-15(19)20/h4-7,11-12H,8-10H2,1-3H3,(H,19,20)(H2,17,18,21). The van der Waals surface area contributed by atoms with Crippen LogP contribution in [0.1, 0.15) is 39.2 Å². The molecule has 0 aliphatic heterocycles. The Labute approximate surface area is 125 Å². The first-order valence-electron chi connectivity index (χ1n) is 7.25. The van der Waals surface area contributed by atoms with E-state index in [9.17, 15) is 9.59 Å². The van der Waals surface area contributed by atoms with E-state index >= 15 is 0 Å². The van der Waals surface area contributed by atoms with Gasteiger partial charge in [-0.05, 0) is 37.3 Å². The van der Waals surface area contributed by atoms with E-state index in [0.29, 0.717) is 18.0 Å². The minimum atomic E-state index is -0.847. The number of hydrogen-bond acceptors (Lipinski definition) is 2. The summed E-state index contributed by atoms with van der Waals surface area (Å²) in [6, 6.07) is 7.10. The Kier molecular flexibility index (Phi) is 6.72. The molecule has 1 unspecified atom stereocenters. The van der Waals surface area contributed by atoms with Crippen molar-refractivity contribution in [2.24, 2.45) is 5.92 Å². The number of rotatable bonds is 7. The fourth-order valence-corrected chi connectivity index (χ4v) is 2.25. The third-order valence-corrected chi connectivity index (χ3v) is 3.08. The van der Waals surface area contributed by atoms with Crippen molar-refractivity contribution in [3.05, 3.63) is 29.8 Å². The van der Waals surface area contributed by atoms with Crippen LogP contribution in [-0.4, -0.2) is 23.1 Å². The third kappa shape index (κ3) is 6.79. The normalized spacial score (nSPS) is 12.0. The molecule has 0 fully saturated rings. The van der Waals surface area contributed by atoms with Crippen LogP contribution in [-0.2, 0) is 11.2 Å². The van der Waals surface area contributed by atoms with Crippen LogP contribution < -0.4 is 10.6 Å². The molecule has 2 amide bonds. The van der Waals surface area contributed by atoms with Crippen molar-refractivity contribution in [2.75, 3.05) is 5.32 Å². The van der Waals surface area contributed by atoms with Crippen LogP contribution in [0.2, 0.25) is 0 Å². The van der Waals surface area contributed by atoms with Crippen molar-refractivity contribution < 1.29 is 14.7 Å². The lowest BCUT2D eigenvalue weighted by Crippen LogP contribution is -2.37. The topological polar surface area (TPSA) is 78.4 Å². The van der Waals surface area contributed by atoms with Gasteiger partial charge in [0, 0.05) is 18.2 Å². The lowest BCUT2D eigenvalue weighted by molar-refractivity contribution is -0.136. The summed E-state index contributed by atoms with van der Waals surface area (Å²) in [5.74, 6) is -0.331. The number of carbonyl (C=O) groups excluding carboxylic acids is 1. The molecule has 0 aliphatic carbocycles. The summed E-state index contributed by atoms with van der Waals surface area (Å²) < 4.78 is 0. The summed E-state index contributed by atoms with van der Waals surface area (Å²) in [5, 5.41) is 14.4. The average molecular weight is 292 g/mol. The van der Waals surface area contributed by atoms with Gasteiger partial charge in [0.25, 0.3) is 0 Å². The van der Waals surface area contributed by atoms with Gasteiger partial charge < -0.3 is 15.7 Å². The van der Waals surface area contributed by atoms with Gasteiger partial charge in [0.05, 0.1) is 0 Å². The van der Waals surface area contributed by atoms with Crippen molar-refractivity contribution in [1.29, 1.82) is 0 Å². The second-order valence-corrected chi connectivity index (χ2v) is 5.68. The first kappa shape index (κ1) is 17.0. The SMILES string of the molecule is CC(C)CC(C)NC(=O)Nc1ccccc1CCC(=O)O. The molecule has 1 aromatic rings. The summed E-state index contributed by atoms with van der Waals surface area (Å²) in [5.41, 5.74) is 1.49. The van der Waals surface area contributed by atoms with Gasteiger partial charge in [0.2, 0.25) is 0 Å². The van der Waals surface area contributed by atoms with Gasteiger partial charge in [-0.3, -0.25) is 4.79 Å². The molecule has 0 bridgehead atoms. The number of para-hydroxylation sites is 1. The van der Waals surface area contributed by atoms with Crippen molar-refractivity contribution in [3.8, 4) is 0 Å². The Bertz CT molecular complexity index is 486. The van der Waals surface area contributed by atoms with Crippen LogP contribution in [0.3, 0.4) is 0 Å². The molecule has 0 spiro atoms. The minimum Gasteiger partial charge on any atom is -0.481 e. The molecule has 5 heteroatoms. The summed E-state index contributed by atoms with van der Waals surface area (Å²) in [6.07, 6.45) is 1.35. The number of benzene rings is 1. The number of aryl methyl sites for hydroxylation is 1. The molecule has 0 heterocycles. The zero-order valence-corrected chi connectivity index (χ0v) is 12.8. The van der Waals surface area contributed by atoms with E-state index in [1.54, 1.807) is 6.07 Å². The lowest BCUT2D eigenvalue weighted by atomic mass is 10.1. The highest BCUT2D eigenvalue weighted by atomic mass is 16.4. The second kappa shape index (κ2) is 8.29. The van der Waals surface area contributed by atoms with Crippen molar-refractivity contribution in [1.82, 2.24) is 5.32 Å². The van der Waals surface area contributed by atoms with Crippen molar-refractivity contribution >= 4 is 17.7 Å². The number of carboxylic acids is 1. The fraction of sp³-hybridized carbons (Fsp3) is 0.500. The monoisotopic (exact) mass is 292 g/mol. The Morgan fingerprint density at radius 2 is 1.86 bits per heavy atom. The highest BCUT2D eigenvalue weighted by Gasteiger charge is 2.11. The number of carboxylic acid groups (broad SMARTS) is 1. The first-order chi connectivity index (χ1) is 9.88. The van der Waals surface area contributed by atoms with Crippen LogP contribution in [0, 0.1) is 5.92 Å². The quantitative estimate of drug-likeness (QED) is 0.721. The Balaban J connectivity index is 2.61. The zero-order valence-electron chi connectivity index (χ0n) is 12.8. The smallest absolute Gasteiger partial charge is 0.319 e. The van der Waals surface area contributed by atoms with E-state index in [0.717, 1.165) is 12.0 Å². The Morgan fingerprint density at radius 3 is 2.48 bits per heavy atom. The van der Waals surface area contributed by atoms with Crippen LogP contribution in [0.25, 0.3) is 0 Å². The van der Waals surface area contributed by atoms with E-state index in [1.165, 1.54) is 0 Å². The van der Waals surface area contributed by atoms with Gasteiger partial charge in [-0.2, -0.15) is 0 Å². The lowest BCUT2D eigenvalue weighted by Gasteiger charge is -2.17. The van der Waals surface area contributed by atoms with Gasteiger partial charge in [-0.25, -0.2) is 4.79 Å². The Morgan fingerprint density at radius 1 is 1.19 bits per heavy atom.